The Hall–Kier alpha value is -4.38. The van der Waals surface area contributed by atoms with Gasteiger partial charge in [0.05, 0.1) is 5.56 Å². The average Bonchev–Trinajstić information content (AvgIpc) is 3.01. The zero-order valence-electron chi connectivity index (χ0n) is 24.8. The molecule has 7 nitrogen and oxygen atoms in total. The van der Waals surface area contributed by atoms with Crippen molar-refractivity contribution in [3.63, 3.8) is 0 Å². The summed E-state index contributed by atoms with van der Waals surface area (Å²) in [6.45, 7) is 4.38. The average molecular weight is 612 g/mol. The molecule has 0 saturated carbocycles. The minimum atomic E-state index is -4.72. The Kier molecular flexibility index (Phi) is 11.0. The molecule has 0 bridgehead atoms. The van der Waals surface area contributed by atoms with Crippen molar-refractivity contribution in [2.75, 3.05) is 39.8 Å². The van der Waals surface area contributed by atoms with E-state index < -0.39 is 29.7 Å². The summed E-state index contributed by atoms with van der Waals surface area (Å²) in [7, 11) is 1.58. The Bertz CT molecular complexity index is 1470. The van der Waals surface area contributed by atoms with Gasteiger partial charge in [-0.25, -0.2) is 4.39 Å². The van der Waals surface area contributed by atoms with Gasteiger partial charge in [0.25, 0.3) is 11.8 Å². The molecule has 44 heavy (non-hydrogen) atoms. The standard InChI is InChI=1S/C33H37F4N5O2/c1-23(40-21-27-28(33(35,36)37)12-7-13-29(27)34)30(32(44)39-15-14-24-8-4-3-5-9-24)42-18-16-41(17-19-42)22-25-10-6-11-26(20-25)31(43)38-2/h3-13,20,40H,14-19,21-22H2,1-2H3,(H,38,43)(H,39,44)/b30-23+. The van der Waals surface area contributed by atoms with E-state index >= 15 is 0 Å². The molecular formula is C33H37F4N5O2. The van der Waals surface area contributed by atoms with Crippen molar-refractivity contribution in [2.45, 2.75) is 32.6 Å². The lowest BCUT2D eigenvalue weighted by Gasteiger charge is -2.37. The van der Waals surface area contributed by atoms with Crippen LogP contribution in [0.25, 0.3) is 0 Å². The first-order chi connectivity index (χ1) is 21.1. The number of halogens is 4. The fraction of sp³-hybridized carbons (Fsp3) is 0.333. The molecule has 0 atom stereocenters. The van der Waals surface area contributed by atoms with Gasteiger partial charge in [-0.05, 0) is 48.7 Å². The summed E-state index contributed by atoms with van der Waals surface area (Å²) >= 11 is 0. The van der Waals surface area contributed by atoms with Crippen molar-refractivity contribution in [1.29, 1.82) is 0 Å². The Labute approximate surface area is 254 Å². The van der Waals surface area contributed by atoms with Gasteiger partial charge in [0.15, 0.2) is 0 Å². The lowest BCUT2D eigenvalue weighted by Crippen LogP contribution is -2.49. The second-order valence-corrected chi connectivity index (χ2v) is 10.6. The van der Waals surface area contributed by atoms with Crippen molar-refractivity contribution in [1.82, 2.24) is 25.8 Å². The number of nitrogens with zero attached hydrogens (tertiary/aromatic N) is 2. The first-order valence-electron chi connectivity index (χ1n) is 14.5. The number of hydrogen-bond acceptors (Lipinski definition) is 5. The predicted molar refractivity (Wildman–Crippen MR) is 161 cm³/mol. The molecule has 234 valence electrons. The van der Waals surface area contributed by atoms with Crippen molar-refractivity contribution in [2.24, 2.45) is 0 Å². The molecule has 1 aliphatic rings. The maximum absolute atomic E-state index is 14.5. The molecule has 1 heterocycles. The van der Waals surface area contributed by atoms with Gasteiger partial charge >= 0.3 is 6.18 Å². The Morgan fingerprint density at radius 1 is 0.864 bits per heavy atom. The molecule has 1 fully saturated rings. The third-order valence-electron chi connectivity index (χ3n) is 7.58. The van der Waals surface area contributed by atoms with E-state index in [4.69, 9.17) is 0 Å². The number of allylic oxidation sites excluding steroid dienone is 1. The van der Waals surface area contributed by atoms with E-state index in [0.717, 1.165) is 29.3 Å². The number of hydrogen-bond donors (Lipinski definition) is 3. The van der Waals surface area contributed by atoms with Gasteiger partial charge in [0.1, 0.15) is 11.5 Å². The maximum Gasteiger partial charge on any atom is 0.416 e. The van der Waals surface area contributed by atoms with Gasteiger partial charge < -0.3 is 20.9 Å². The predicted octanol–water partition coefficient (Wildman–Crippen LogP) is 4.70. The second kappa shape index (κ2) is 14.9. The third-order valence-corrected chi connectivity index (χ3v) is 7.58. The largest absolute Gasteiger partial charge is 0.416 e. The summed E-state index contributed by atoms with van der Waals surface area (Å²) in [6, 6.07) is 19.9. The first-order valence-corrected chi connectivity index (χ1v) is 14.5. The number of benzene rings is 3. The van der Waals surface area contributed by atoms with E-state index in [2.05, 4.69) is 20.9 Å². The molecule has 2 amide bonds. The van der Waals surface area contributed by atoms with Gasteiger partial charge in [0, 0.05) is 69.7 Å². The number of amides is 2. The summed E-state index contributed by atoms with van der Waals surface area (Å²) in [5.74, 6) is -1.49. The monoisotopic (exact) mass is 611 g/mol. The van der Waals surface area contributed by atoms with E-state index in [1.54, 1.807) is 20.0 Å². The lowest BCUT2D eigenvalue weighted by atomic mass is 10.1. The van der Waals surface area contributed by atoms with Crippen molar-refractivity contribution >= 4 is 11.8 Å². The summed E-state index contributed by atoms with van der Waals surface area (Å²) in [5.41, 5.74) is 1.72. The Balaban J connectivity index is 1.49. The van der Waals surface area contributed by atoms with Crippen LogP contribution in [0.4, 0.5) is 17.6 Å². The quantitative estimate of drug-likeness (QED) is 0.217. The van der Waals surface area contributed by atoms with E-state index in [9.17, 15) is 27.2 Å². The van der Waals surface area contributed by atoms with Crippen molar-refractivity contribution in [3.05, 3.63) is 118 Å². The fourth-order valence-electron chi connectivity index (χ4n) is 5.25. The summed E-state index contributed by atoms with van der Waals surface area (Å²) in [5, 5.41) is 8.47. The molecule has 0 unspecified atom stereocenters. The summed E-state index contributed by atoms with van der Waals surface area (Å²) in [6.07, 6.45) is -4.11. The molecule has 3 N–H and O–H groups in total. The molecule has 11 heteroatoms. The van der Waals surface area contributed by atoms with E-state index in [0.29, 0.717) is 62.6 Å². The summed E-state index contributed by atoms with van der Waals surface area (Å²) in [4.78, 5) is 29.7. The number of nitrogens with one attached hydrogen (secondary N) is 3. The highest BCUT2D eigenvalue weighted by Gasteiger charge is 2.34. The molecule has 0 aliphatic carbocycles. The van der Waals surface area contributed by atoms with Crippen LogP contribution in [0.5, 0.6) is 0 Å². The topological polar surface area (TPSA) is 76.7 Å². The van der Waals surface area contributed by atoms with E-state index in [-0.39, 0.29) is 11.8 Å². The summed E-state index contributed by atoms with van der Waals surface area (Å²) < 4.78 is 55.2. The first kappa shape index (κ1) is 32.5. The van der Waals surface area contributed by atoms with Crippen LogP contribution in [0, 0.1) is 5.82 Å². The minimum Gasteiger partial charge on any atom is -0.383 e. The Morgan fingerprint density at radius 2 is 1.55 bits per heavy atom. The van der Waals surface area contributed by atoms with E-state index in [1.807, 2.05) is 53.4 Å². The zero-order valence-corrected chi connectivity index (χ0v) is 24.8. The van der Waals surface area contributed by atoms with Crippen molar-refractivity contribution in [3.8, 4) is 0 Å². The minimum absolute atomic E-state index is 0.162. The van der Waals surface area contributed by atoms with Gasteiger partial charge in [-0.1, -0.05) is 48.5 Å². The number of carbonyl (C=O) groups is 2. The van der Waals surface area contributed by atoms with Crippen LogP contribution in [-0.2, 0) is 30.5 Å². The van der Waals surface area contributed by atoms with E-state index in [1.165, 1.54) is 0 Å². The Morgan fingerprint density at radius 3 is 2.23 bits per heavy atom. The van der Waals surface area contributed by atoms with Crippen LogP contribution in [0.2, 0.25) is 0 Å². The molecule has 3 aromatic carbocycles. The van der Waals surface area contributed by atoms with Crippen molar-refractivity contribution < 1.29 is 27.2 Å². The van der Waals surface area contributed by atoms with Gasteiger partial charge in [-0.3, -0.25) is 14.5 Å². The van der Waals surface area contributed by atoms with Crippen LogP contribution in [0.1, 0.15) is 39.5 Å². The molecule has 4 rings (SSSR count). The maximum atomic E-state index is 14.5. The third kappa shape index (κ3) is 8.59. The van der Waals surface area contributed by atoms with Crippen LogP contribution in [0.3, 0.4) is 0 Å². The van der Waals surface area contributed by atoms with Gasteiger partial charge in [0.2, 0.25) is 0 Å². The number of piperazine rings is 1. The van der Waals surface area contributed by atoms with Crippen LogP contribution < -0.4 is 16.0 Å². The molecule has 3 aromatic rings. The molecular weight excluding hydrogens is 574 g/mol. The van der Waals surface area contributed by atoms with Gasteiger partial charge in [-0.15, -0.1) is 0 Å². The molecule has 0 spiro atoms. The smallest absolute Gasteiger partial charge is 0.383 e. The molecule has 0 radical (unpaired) electrons. The lowest BCUT2D eigenvalue weighted by molar-refractivity contribution is -0.138. The highest BCUT2D eigenvalue weighted by Crippen LogP contribution is 2.33. The normalized spacial score (nSPS) is 14.5. The highest BCUT2D eigenvalue weighted by atomic mass is 19.4. The second-order valence-electron chi connectivity index (χ2n) is 10.6. The number of rotatable bonds is 11. The number of alkyl halides is 3. The fourth-order valence-corrected chi connectivity index (χ4v) is 5.25. The molecule has 0 aromatic heterocycles. The van der Waals surface area contributed by atoms with Gasteiger partial charge in [-0.2, -0.15) is 13.2 Å². The van der Waals surface area contributed by atoms with Crippen LogP contribution in [0.15, 0.2) is 84.2 Å². The molecule has 1 saturated heterocycles. The SMILES string of the molecule is CNC(=O)c1cccc(CN2CCN(/C(C(=O)NCCc3ccccc3)=C(\C)NCc3c(F)cccc3C(F)(F)F)CC2)c1. The van der Waals surface area contributed by atoms with Crippen LogP contribution in [-0.4, -0.2) is 61.4 Å². The zero-order chi connectivity index (χ0) is 31.7. The van der Waals surface area contributed by atoms with Crippen LogP contribution >= 0.6 is 0 Å². The highest BCUT2D eigenvalue weighted by molar-refractivity contribution is 5.94. The molecule has 1 aliphatic heterocycles. The number of carbonyl (C=O) groups excluding carboxylic acids is 2.